The van der Waals surface area contributed by atoms with Gasteiger partial charge in [0.05, 0.1) is 0 Å². The van der Waals surface area contributed by atoms with Gasteiger partial charge in [-0.1, -0.05) is 97.1 Å². The van der Waals surface area contributed by atoms with Gasteiger partial charge in [0, 0.05) is 22.5 Å². The van der Waals surface area contributed by atoms with Crippen LogP contribution in [0, 0.1) is 13.8 Å². The average molecular weight is 635 g/mol. The second-order valence-corrected chi connectivity index (χ2v) is 11.0. The van der Waals surface area contributed by atoms with Crippen molar-refractivity contribution < 1.29 is 19.2 Å². The first kappa shape index (κ1) is 32.8. The molecule has 0 radical (unpaired) electrons. The summed E-state index contributed by atoms with van der Waals surface area (Å²) in [5.41, 5.74) is 5.00. The van der Waals surface area contributed by atoms with Crippen molar-refractivity contribution in [2.45, 2.75) is 13.8 Å². The van der Waals surface area contributed by atoms with E-state index in [1.807, 2.05) is 111 Å². The molecule has 0 unspecified atom stereocenters. The van der Waals surface area contributed by atoms with Gasteiger partial charge < -0.3 is 21.3 Å². The first-order chi connectivity index (χ1) is 23.3. The SMILES string of the molecule is Cc1ccccc1NC(=O)/C(=C\c1ccccc1)NC(=O)c1ccc(C(=O)N/C(=C/c2ccccc2)C(=O)Nc2ccccc2C)cc1. The topological polar surface area (TPSA) is 116 Å². The maximum absolute atomic E-state index is 13.3. The van der Waals surface area contributed by atoms with Crippen LogP contribution in [0.3, 0.4) is 0 Å². The number of aryl methyl sites for hydroxylation is 2. The van der Waals surface area contributed by atoms with Crippen LogP contribution in [0.4, 0.5) is 11.4 Å². The van der Waals surface area contributed by atoms with Gasteiger partial charge in [0.25, 0.3) is 23.6 Å². The first-order valence-electron chi connectivity index (χ1n) is 15.3. The van der Waals surface area contributed by atoms with Gasteiger partial charge in [0.2, 0.25) is 0 Å². The lowest BCUT2D eigenvalue weighted by molar-refractivity contribution is -0.113. The van der Waals surface area contributed by atoms with E-state index in [2.05, 4.69) is 21.3 Å². The highest BCUT2D eigenvalue weighted by molar-refractivity contribution is 6.12. The van der Waals surface area contributed by atoms with Crippen LogP contribution < -0.4 is 21.3 Å². The third-order valence-corrected chi connectivity index (χ3v) is 7.40. The van der Waals surface area contributed by atoms with E-state index >= 15 is 0 Å². The average Bonchev–Trinajstić information content (AvgIpc) is 3.10. The van der Waals surface area contributed by atoms with Crippen molar-refractivity contribution in [1.29, 1.82) is 0 Å². The molecule has 0 aliphatic rings. The summed E-state index contributed by atoms with van der Waals surface area (Å²) in [5, 5.41) is 11.2. The number of hydrogen-bond acceptors (Lipinski definition) is 4. The smallest absolute Gasteiger partial charge is 0.272 e. The maximum Gasteiger partial charge on any atom is 0.272 e. The van der Waals surface area contributed by atoms with Gasteiger partial charge in [-0.3, -0.25) is 19.2 Å². The van der Waals surface area contributed by atoms with Gasteiger partial charge in [-0.15, -0.1) is 0 Å². The van der Waals surface area contributed by atoms with E-state index in [-0.39, 0.29) is 22.5 Å². The second-order valence-electron chi connectivity index (χ2n) is 11.0. The van der Waals surface area contributed by atoms with Crippen molar-refractivity contribution >= 4 is 47.2 Å². The van der Waals surface area contributed by atoms with Gasteiger partial charge in [-0.05, 0) is 84.7 Å². The van der Waals surface area contributed by atoms with Crippen molar-refractivity contribution in [2.24, 2.45) is 0 Å². The molecule has 0 saturated heterocycles. The summed E-state index contributed by atoms with van der Waals surface area (Å²) in [6, 6.07) is 39.0. The van der Waals surface area contributed by atoms with Crippen LogP contribution in [0.15, 0.2) is 145 Å². The molecule has 4 amide bonds. The van der Waals surface area contributed by atoms with E-state index < -0.39 is 23.6 Å². The summed E-state index contributed by atoms with van der Waals surface area (Å²) in [7, 11) is 0. The second kappa shape index (κ2) is 15.6. The molecular weight excluding hydrogens is 600 g/mol. The number of carbonyl (C=O) groups excluding carboxylic acids is 4. The van der Waals surface area contributed by atoms with Crippen molar-refractivity contribution in [3.05, 3.63) is 178 Å². The lowest BCUT2D eigenvalue weighted by atomic mass is 10.1. The van der Waals surface area contributed by atoms with Crippen LogP contribution in [0.1, 0.15) is 43.0 Å². The molecule has 5 rings (SSSR count). The van der Waals surface area contributed by atoms with Gasteiger partial charge in [0.1, 0.15) is 11.4 Å². The highest BCUT2D eigenvalue weighted by Crippen LogP contribution is 2.17. The number of para-hydroxylation sites is 2. The Morgan fingerprint density at radius 3 is 1.12 bits per heavy atom. The number of nitrogens with one attached hydrogen (secondary N) is 4. The molecule has 4 N–H and O–H groups in total. The van der Waals surface area contributed by atoms with E-state index in [9.17, 15) is 19.2 Å². The Labute approximate surface area is 279 Å². The molecule has 0 bridgehead atoms. The van der Waals surface area contributed by atoms with Gasteiger partial charge >= 0.3 is 0 Å². The molecule has 238 valence electrons. The molecular formula is C40H34N4O4. The third kappa shape index (κ3) is 8.80. The summed E-state index contributed by atoms with van der Waals surface area (Å²) in [4.78, 5) is 53.3. The number of rotatable bonds is 10. The van der Waals surface area contributed by atoms with Crippen molar-refractivity contribution in [3.63, 3.8) is 0 Å². The normalized spacial score (nSPS) is 11.3. The summed E-state index contributed by atoms with van der Waals surface area (Å²) >= 11 is 0. The Kier molecular flexibility index (Phi) is 10.7. The minimum atomic E-state index is -0.536. The molecule has 5 aromatic rings. The molecule has 0 aromatic heterocycles. The Bertz CT molecular complexity index is 1850. The lowest BCUT2D eigenvalue weighted by Gasteiger charge is -2.14. The third-order valence-electron chi connectivity index (χ3n) is 7.40. The van der Waals surface area contributed by atoms with E-state index in [0.717, 1.165) is 22.3 Å². The predicted octanol–water partition coefficient (Wildman–Crippen LogP) is 7.12. The summed E-state index contributed by atoms with van der Waals surface area (Å²) in [6.07, 6.45) is 3.19. The van der Waals surface area contributed by atoms with Crippen LogP contribution >= 0.6 is 0 Å². The van der Waals surface area contributed by atoms with Gasteiger partial charge in [0.15, 0.2) is 0 Å². The van der Waals surface area contributed by atoms with Crippen LogP contribution in [-0.2, 0) is 9.59 Å². The molecule has 5 aromatic carbocycles. The fourth-order valence-corrected chi connectivity index (χ4v) is 4.72. The first-order valence-corrected chi connectivity index (χ1v) is 15.3. The Morgan fingerprint density at radius 2 is 0.771 bits per heavy atom. The molecule has 8 heteroatoms. The molecule has 0 fully saturated rings. The molecule has 48 heavy (non-hydrogen) atoms. The van der Waals surface area contributed by atoms with Crippen LogP contribution in [0.25, 0.3) is 12.2 Å². The van der Waals surface area contributed by atoms with Crippen LogP contribution in [-0.4, -0.2) is 23.6 Å². The van der Waals surface area contributed by atoms with Crippen molar-refractivity contribution in [3.8, 4) is 0 Å². The predicted molar refractivity (Wildman–Crippen MR) is 190 cm³/mol. The fraction of sp³-hybridized carbons (Fsp3) is 0.0500. The minimum absolute atomic E-state index is 0.0478. The molecule has 0 heterocycles. The molecule has 0 saturated carbocycles. The standard InChI is InChI=1S/C40H34N4O4/c1-27-13-9-11-19-33(27)41-39(47)35(25-29-15-5-3-6-16-29)43-37(45)31-21-23-32(24-22-31)38(46)44-36(26-30-17-7-4-8-18-30)40(48)42-34-20-12-10-14-28(34)2/h3-26H,1-2H3,(H,41,47)(H,42,48)(H,43,45)(H,44,46)/b35-25+,36-26+. The fourth-order valence-electron chi connectivity index (χ4n) is 4.72. The molecule has 0 aliphatic heterocycles. The number of carbonyl (C=O) groups is 4. The van der Waals surface area contributed by atoms with Crippen molar-refractivity contribution in [2.75, 3.05) is 10.6 Å². The summed E-state index contributed by atoms with van der Waals surface area (Å²) in [6.45, 7) is 3.76. The lowest BCUT2D eigenvalue weighted by Crippen LogP contribution is -2.31. The van der Waals surface area contributed by atoms with Gasteiger partial charge in [-0.2, -0.15) is 0 Å². The molecule has 8 nitrogen and oxygen atoms in total. The Balaban J connectivity index is 1.33. The Hall–Kier alpha value is -6.54. The summed E-state index contributed by atoms with van der Waals surface area (Å²) in [5.74, 6) is -2.05. The number of anilines is 2. The number of amides is 4. The molecule has 0 aliphatic carbocycles. The monoisotopic (exact) mass is 634 g/mol. The Morgan fingerprint density at radius 1 is 0.438 bits per heavy atom. The zero-order valence-electron chi connectivity index (χ0n) is 26.5. The highest BCUT2D eigenvalue weighted by atomic mass is 16.2. The summed E-state index contributed by atoms with van der Waals surface area (Å²) < 4.78 is 0. The van der Waals surface area contributed by atoms with Crippen LogP contribution in [0.2, 0.25) is 0 Å². The molecule has 0 spiro atoms. The highest BCUT2D eigenvalue weighted by Gasteiger charge is 2.18. The quantitative estimate of drug-likeness (QED) is 0.122. The molecule has 0 atom stereocenters. The van der Waals surface area contributed by atoms with Crippen molar-refractivity contribution in [1.82, 2.24) is 10.6 Å². The van der Waals surface area contributed by atoms with E-state index in [0.29, 0.717) is 11.4 Å². The largest absolute Gasteiger partial charge is 0.320 e. The van der Waals surface area contributed by atoms with Crippen LogP contribution in [0.5, 0.6) is 0 Å². The number of hydrogen-bond donors (Lipinski definition) is 4. The van der Waals surface area contributed by atoms with E-state index in [1.54, 1.807) is 24.3 Å². The zero-order valence-corrected chi connectivity index (χ0v) is 26.5. The van der Waals surface area contributed by atoms with Gasteiger partial charge in [-0.25, -0.2) is 0 Å². The van der Waals surface area contributed by atoms with E-state index in [4.69, 9.17) is 0 Å². The minimum Gasteiger partial charge on any atom is -0.320 e. The maximum atomic E-state index is 13.3. The zero-order chi connectivity index (χ0) is 33.9. The number of benzene rings is 5. The van der Waals surface area contributed by atoms with E-state index in [1.165, 1.54) is 24.3 Å².